The fourth-order valence-electron chi connectivity index (χ4n) is 0.899. The molecule has 0 aliphatic heterocycles. The quantitative estimate of drug-likeness (QED) is 0.258. The van der Waals surface area contributed by atoms with Crippen molar-refractivity contribution in [1.29, 1.82) is 0 Å². The second kappa shape index (κ2) is 5.46. The van der Waals surface area contributed by atoms with Crippen LogP contribution < -0.4 is 0 Å². The minimum atomic E-state index is -1.75. The van der Waals surface area contributed by atoms with Crippen LogP contribution in [0.25, 0.3) is 0 Å². The van der Waals surface area contributed by atoms with Crippen molar-refractivity contribution >= 4 is 14.5 Å². The van der Waals surface area contributed by atoms with Gasteiger partial charge in [-0.2, -0.15) is 0 Å². The maximum Gasteiger partial charge on any atom is 0.192 e. The molecule has 0 aliphatic carbocycles. The topological polar surface area (TPSA) is 41.8 Å². The summed E-state index contributed by atoms with van der Waals surface area (Å²) in [6.45, 7) is 14.7. The Hall–Kier alpha value is -0.613. The van der Waals surface area contributed by atoms with Crippen LogP contribution in [0.5, 0.6) is 0 Å². The fourth-order valence-corrected chi connectivity index (χ4v) is 2.20. The highest BCUT2D eigenvalue weighted by atomic mass is 28.4. The van der Waals surface area contributed by atoms with E-state index in [1.54, 1.807) is 6.08 Å². The average Bonchev–Trinajstić information content (AvgIpc) is 2.10. The van der Waals surface area contributed by atoms with E-state index in [0.717, 1.165) is 0 Å². The molecule has 4 heteroatoms. The van der Waals surface area contributed by atoms with Crippen LogP contribution in [0, 0.1) is 0 Å². The van der Waals surface area contributed by atoms with Crippen molar-refractivity contribution in [2.75, 3.05) is 0 Å². The standard InChI is InChI=1S/C11H23NO2Si/c1-7-10(8-9-12-13)14-15(5,6)11(2,3)4/h7,9-10,13H,1,8H2,2-6H3/t10-/m0/s1. The van der Waals surface area contributed by atoms with Gasteiger partial charge in [-0.05, 0) is 18.1 Å². The Balaban J connectivity index is 4.47. The second-order valence-electron chi connectivity index (χ2n) is 5.19. The molecule has 15 heavy (non-hydrogen) atoms. The van der Waals surface area contributed by atoms with Crippen molar-refractivity contribution in [3.05, 3.63) is 12.7 Å². The zero-order valence-corrected chi connectivity index (χ0v) is 11.4. The molecule has 0 rings (SSSR count). The first-order valence-corrected chi connectivity index (χ1v) is 8.11. The van der Waals surface area contributed by atoms with Gasteiger partial charge >= 0.3 is 0 Å². The first-order valence-electron chi connectivity index (χ1n) is 5.21. The van der Waals surface area contributed by atoms with Gasteiger partial charge < -0.3 is 9.63 Å². The third-order valence-corrected chi connectivity index (χ3v) is 7.44. The normalized spacial score (nSPS) is 15.5. The molecular weight excluding hydrogens is 206 g/mol. The van der Waals surface area contributed by atoms with Crippen molar-refractivity contribution in [2.45, 2.75) is 51.4 Å². The van der Waals surface area contributed by atoms with Crippen molar-refractivity contribution in [3.8, 4) is 0 Å². The van der Waals surface area contributed by atoms with Crippen LogP contribution in [0.3, 0.4) is 0 Å². The van der Waals surface area contributed by atoms with Crippen molar-refractivity contribution in [1.82, 2.24) is 0 Å². The van der Waals surface area contributed by atoms with Gasteiger partial charge in [0.05, 0.1) is 6.10 Å². The maximum absolute atomic E-state index is 8.36. The van der Waals surface area contributed by atoms with Crippen molar-refractivity contribution in [2.24, 2.45) is 5.16 Å². The van der Waals surface area contributed by atoms with E-state index in [4.69, 9.17) is 9.63 Å². The van der Waals surface area contributed by atoms with Gasteiger partial charge in [0.15, 0.2) is 8.32 Å². The Morgan fingerprint density at radius 2 is 2.00 bits per heavy atom. The lowest BCUT2D eigenvalue weighted by atomic mass is 10.2. The monoisotopic (exact) mass is 229 g/mol. The molecule has 0 amide bonds. The second-order valence-corrected chi connectivity index (χ2v) is 9.94. The first kappa shape index (κ1) is 14.4. The van der Waals surface area contributed by atoms with Gasteiger partial charge in [0, 0.05) is 12.6 Å². The summed E-state index contributed by atoms with van der Waals surface area (Å²) in [5.41, 5.74) is 0. The lowest BCUT2D eigenvalue weighted by Gasteiger charge is -2.38. The van der Waals surface area contributed by atoms with E-state index in [1.165, 1.54) is 6.21 Å². The zero-order chi connectivity index (χ0) is 12.1. The van der Waals surface area contributed by atoms with E-state index in [1.807, 2.05) is 0 Å². The van der Waals surface area contributed by atoms with Gasteiger partial charge in [-0.3, -0.25) is 0 Å². The minimum Gasteiger partial charge on any atom is -0.411 e. The molecule has 0 aromatic carbocycles. The van der Waals surface area contributed by atoms with Gasteiger partial charge in [0.1, 0.15) is 0 Å². The third-order valence-electron chi connectivity index (χ3n) is 2.93. The Morgan fingerprint density at radius 1 is 1.47 bits per heavy atom. The predicted octanol–water partition coefficient (Wildman–Crippen LogP) is 3.41. The molecule has 0 saturated carbocycles. The summed E-state index contributed by atoms with van der Waals surface area (Å²) in [4.78, 5) is 0. The molecule has 0 unspecified atom stereocenters. The summed E-state index contributed by atoms with van der Waals surface area (Å²) in [6, 6.07) is 0. The SMILES string of the molecule is C=C[C@@H](CC=NO)O[Si](C)(C)C(C)(C)C. The van der Waals surface area contributed by atoms with E-state index in [-0.39, 0.29) is 11.1 Å². The minimum absolute atomic E-state index is 0.0539. The zero-order valence-electron chi connectivity index (χ0n) is 10.4. The number of hydrogen-bond donors (Lipinski definition) is 1. The Kier molecular flexibility index (Phi) is 5.24. The number of hydrogen-bond acceptors (Lipinski definition) is 3. The first-order chi connectivity index (χ1) is 6.74. The summed E-state index contributed by atoms with van der Waals surface area (Å²) in [6.07, 6.45) is 3.73. The summed E-state index contributed by atoms with van der Waals surface area (Å²) in [5, 5.41) is 11.5. The Morgan fingerprint density at radius 3 is 2.33 bits per heavy atom. The molecule has 3 nitrogen and oxygen atoms in total. The van der Waals surface area contributed by atoms with Gasteiger partial charge in [-0.1, -0.05) is 26.8 Å². The van der Waals surface area contributed by atoms with Crippen molar-refractivity contribution in [3.63, 3.8) is 0 Å². The lowest BCUT2D eigenvalue weighted by molar-refractivity contribution is 0.231. The predicted molar refractivity (Wildman–Crippen MR) is 67.2 cm³/mol. The van der Waals surface area contributed by atoms with E-state index in [9.17, 15) is 0 Å². The van der Waals surface area contributed by atoms with E-state index < -0.39 is 8.32 Å². The maximum atomic E-state index is 8.36. The summed E-state index contributed by atoms with van der Waals surface area (Å²) >= 11 is 0. The van der Waals surface area contributed by atoms with Gasteiger partial charge in [-0.15, -0.1) is 11.7 Å². The molecule has 0 heterocycles. The molecule has 0 bridgehead atoms. The molecule has 0 aromatic heterocycles. The smallest absolute Gasteiger partial charge is 0.192 e. The summed E-state index contributed by atoms with van der Waals surface area (Å²) in [5.74, 6) is 0. The summed E-state index contributed by atoms with van der Waals surface area (Å²) in [7, 11) is -1.75. The van der Waals surface area contributed by atoms with Crippen LogP contribution in [0.4, 0.5) is 0 Å². The molecule has 0 aliphatic rings. The molecule has 0 fully saturated rings. The lowest BCUT2D eigenvalue weighted by Crippen LogP contribution is -2.43. The Labute approximate surface area is 94.0 Å². The van der Waals surface area contributed by atoms with Gasteiger partial charge in [0.2, 0.25) is 0 Å². The largest absolute Gasteiger partial charge is 0.411 e. The van der Waals surface area contributed by atoms with Crippen LogP contribution in [0.1, 0.15) is 27.2 Å². The van der Waals surface area contributed by atoms with Crippen LogP contribution in [0.15, 0.2) is 17.8 Å². The number of nitrogens with zero attached hydrogens (tertiary/aromatic N) is 1. The fraction of sp³-hybridized carbons (Fsp3) is 0.727. The van der Waals surface area contributed by atoms with E-state index >= 15 is 0 Å². The van der Waals surface area contributed by atoms with Gasteiger partial charge in [-0.25, -0.2) is 0 Å². The highest BCUT2D eigenvalue weighted by molar-refractivity contribution is 6.74. The molecule has 1 atom stereocenters. The van der Waals surface area contributed by atoms with Crippen LogP contribution in [0.2, 0.25) is 18.1 Å². The van der Waals surface area contributed by atoms with Crippen LogP contribution in [-0.4, -0.2) is 25.8 Å². The Bertz CT molecular complexity index is 231. The molecule has 0 saturated heterocycles. The van der Waals surface area contributed by atoms with E-state index in [0.29, 0.717) is 6.42 Å². The molecule has 1 N–H and O–H groups in total. The van der Waals surface area contributed by atoms with Crippen LogP contribution in [-0.2, 0) is 4.43 Å². The third kappa shape index (κ3) is 4.62. The highest BCUT2D eigenvalue weighted by Gasteiger charge is 2.38. The molecular formula is C11H23NO2Si. The highest BCUT2D eigenvalue weighted by Crippen LogP contribution is 2.37. The molecule has 88 valence electrons. The molecule has 0 aromatic rings. The van der Waals surface area contributed by atoms with Crippen molar-refractivity contribution < 1.29 is 9.63 Å². The molecule has 0 spiro atoms. The average molecular weight is 229 g/mol. The van der Waals surface area contributed by atoms with Gasteiger partial charge in [0.25, 0.3) is 0 Å². The molecule has 0 radical (unpaired) electrons. The summed E-state index contributed by atoms with van der Waals surface area (Å²) < 4.78 is 6.07. The number of oxime groups is 1. The van der Waals surface area contributed by atoms with Crippen LogP contribution >= 0.6 is 0 Å². The number of rotatable bonds is 5. The van der Waals surface area contributed by atoms with E-state index in [2.05, 4.69) is 45.6 Å².